The summed E-state index contributed by atoms with van der Waals surface area (Å²) >= 11 is 0. The van der Waals surface area contributed by atoms with Gasteiger partial charge in [-0.15, -0.1) is 0 Å². The molecule has 132 valence electrons. The zero-order chi connectivity index (χ0) is 18.2. The molecular formula is C20H25N3O2. The molecule has 0 heterocycles. The van der Waals surface area contributed by atoms with Crippen LogP contribution in [0.4, 0.5) is 11.4 Å². The molecule has 0 aliphatic heterocycles. The number of anilines is 2. The molecule has 2 N–H and O–H groups in total. The number of carbonyl (C=O) groups is 2. The maximum Gasteiger partial charge on any atom is 0.245 e. The maximum atomic E-state index is 12.7. The Bertz CT molecular complexity index is 699. The van der Waals surface area contributed by atoms with E-state index in [4.69, 9.17) is 0 Å². The first-order valence-electron chi connectivity index (χ1n) is 8.46. The third kappa shape index (κ3) is 5.64. The van der Waals surface area contributed by atoms with Gasteiger partial charge in [-0.3, -0.25) is 9.59 Å². The van der Waals surface area contributed by atoms with Crippen molar-refractivity contribution in [1.29, 1.82) is 0 Å². The first-order chi connectivity index (χ1) is 12.0. The third-order valence-electron chi connectivity index (χ3n) is 3.87. The Hall–Kier alpha value is -2.82. The van der Waals surface area contributed by atoms with Gasteiger partial charge in [-0.05, 0) is 43.7 Å². The number of nitrogens with one attached hydrogen (secondary N) is 2. The highest BCUT2D eigenvalue weighted by atomic mass is 16.2. The molecule has 1 atom stereocenters. The number of likely N-dealkylation sites (N-methyl/N-ethyl adjacent to an activating group) is 1. The first-order valence-corrected chi connectivity index (χ1v) is 8.46. The average molecular weight is 339 g/mol. The normalized spacial score (nSPS) is 11.5. The summed E-state index contributed by atoms with van der Waals surface area (Å²) in [6.07, 6.45) is 0. The summed E-state index contributed by atoms with van der Waals surface area (Å²) in [5.74, 6) is -0.0546. The molecule has 1 unspecified atom stereocenters. The van der Waals surface area contributed by atoms with Crippen LogP contribution in [0.1, 0.15) is 26.3 Å². The van der Waals surface area contributed by atoms with Gasteiger partial charge in [-0.25, -0.2) is 0 Å². The Labute approximate surface area is 149 Å². The largest absolute Gasteiger partial charge is 0.374 e. The molecule has 5 heteroatoms. The summed E-state index contributed by atoms with van der Waals surface area (Å²) in [5, 5.41) is 5.94. The Morgan fingerprint density at radius 2 is 1.60 bits per heavy atom. The van der Waals surface area contributed by atoms with Crippen molar-refractivity contribution in [3.05, 3.63) is 60.2 Å². The number of nitrogens with zero attached hydrogens (tertiary/aromatic N) is 1. The molecule has 0 saturated carbocycles. The van der Waals surface area contributed by atoms with E-state index in [0.717, 1.165) is 16.9 Å². The topological polar surface area (TPSA) is 61.4 Å². The summed E-state index contributed by atoms with van der Waals surface area (Å²) < 4.78 is 0. The van der Waals surface area contributed by atoms with Crippen LogP contribution >= 0.6 is 0 Å². The van der Waals surface area contributed by atoms with Gasteiger partial charge in [0.05, 0.1) is 0 Å². The van der Waals surface area contributed by atoms with Crippen LogP contribution in [0.2, 0.25) is 0 Å². The van der Waals surface area contributed by atoms with E-state index in [1.807, 2.05) is 73.3 Å². The van der Waals surface area contributed by atoms with Gasteiger partial charge in [0.15, 0.2) is 0 Å². The molecule has 25 heavy (non-hydrogen) atoms. The zero-order valence-electron chi connectivity index (χ0n) is 15.0. The first kappa shape index (κ1) is 18.5. The van der Waals surface area contributed by atoms with Gasteiger partial charge in [0.25, 0.3) is 0 Å². The van der Waals surface area contributed by atoms with Crippen molar-refractivity contribution in [3.63, 3.8) is 0 Å². The second-order valence-corrected chi connectivity index (χ2v) is 5.96. The van der Waals surface area contributed by atoms with Crippen LogP contribution in [0.15, 0.2) is 54.6 Å². The van der Waals surface area contributed by atoms with Crippen molar-refractivity contribution in [2.24, 2.45) is 0 Å². The van der Waals surface area contributed by atoms with Gasteiger partial charge < -0.3 is 15.5 Å². The zero-order valence-corrected chi connectivity index (χ0v) is 15.0. The minimum absolute atomic E-state index is 0.0530. The number of carbonyl (C=O) groups excluding carboxylic acids is 2. The molecule has 5 nitrogen and oxygen atoms in total. The van der Waals surface area contributed by atoms with E-state index >= 15 is 0 Å². The molecule has 2 rings (SSSR count). The highest BCUT2D eigenvalue weighted by Gasteiger charge is 2.19. The van der Waals surface area contributed by atoms with Crippen LogP contribution in [-0.2, 0) is 16.1 Å². The van der Waals surface area contributed by atoms with E-state index < -0.39 is 0 Å². The molecule has 0 bridgehead atoms. The summed E-state index contributed by atoms with van der Waals surface area (Å²) in [7, 11) is 0. The lowest BCUT2D eigenvalue weighted by atomic mass is 10.2. The predicted octanol–water partition coefficient (Wildman–Crippen LogP) is 3.49. The lowest BCUT2D eigenvalue weighted by Crippen LogP contribution is -2.40. The van der Waals surface area contributed by atoms with Gasteiger partial charge in [0.2, 0.25) is 11.8 Å². The van der Waals surface area contributed by atoms with Gasteiger partial charge in [-0.1, -0.05) is 30.3 Å². The molecule has 0 aliphatic carbocycles. The van der Waals surface area contributed by atoms with E-state index in [1.54, 1.807) is 0 Å². The standard InChI is InChI=1S/C20H25N3O2/c1-4-23(14-17-8-6-5-7-9-17)20(25)15(2)21-18-10-12-19(13-11-18)22-16(3)24/h5-13,15,21H,4,14H2,1-3H3,(H,22,24). The SMILES string of the molecule is CCN(Cc1ccccc1)C(=O)C(C)Nc1ccc(NC(C)=O)cc1. The Balaban J connectivity index is 1.97. The Morgan fingerprint density at radius 3 is 2.16 bits per heavy atom. The minimum atomic E-state index is -0.338. The highest BCUT2D eigenvalue weighted by molar-refractivity contribution is 5.89. The van der Waals surface area contributed by atoms with Crippen LogP contribution in [0.3, 0.4) is 0 Å². The van der Waals surface area contributed by atoms with Gasteiger partial charge in [0, 0.05) is 31.4 Å². The van der Waals surface area contributed by atoms with Crippen molar-refractivity contribution < 1.29 is 9.59 Å². The third-order valence-corrected chi connectivity index (χ3v) is 3.87. The van der Waals surface area contributed by atoms with Crippen molar-refractivity contribution >= 4 is 23.2 Å². The highest BCUT2D eigenvalue weighted by Crippen LogP contribution is 2.15. The van der Waals surface area contributed by atoms with E-state index in [1.165, 1.54) is 6.92 Å². The van der Waals surface area contributed by atoms with Crippen molar-refractivity contribution in [2.75, 3.05) is 17.2 Å². The summed E-state index contributed by atoms with van der Waals surface area (Å²) in [6, 6.07) is 16.9. The quantitative estimate of drug-likeness (QED) is 0.812. The second-order valence-electron chi connectivity index (χ2n) is 5.96. The average Bonchev–Trinajstić information content (AvgIpc) is 2.61. The molecule has 0 spiro atoms. The van der Waals surface area contributed by atoms with Crippen LogP contribution < -0.4 is 10.6 Å². The Morgan fingerprint density at radius 1 is 1.00 bits per heavy atom. The maximum absolute atomic E-state index is 12.7. The summed E-state index contributed by atoms with van der Waals surface area (Å²) in [4.78, 5) is 25.6. The molecular weight excluding hydrogens is 314 g/mol. The number of hydrogen-bond donors (Lipinski definition) is 2. The van der Waals surface area contributed by atoms with Crippen molar-refractivity contribution in [1.82, 2.24) is 4.90 Å². The number of amides is 2. The summed E-state index contributed by atoms with van der Waals surface area (Å²) in [6.45, 7) is 6.57. The Kier molecular flexibility index (Phi) is 6.57. The van der Waals surface area contributed by atoms with E-state index in [9.17, 15) is 9.59 Å². The number of rotatable bonds is 7. The number of benzene rings is 2. The van der Waals surface area contributed by atoms with E-state index in [2.05, 4.69) is 10.6 Å². The fourth-order valence-corrected chi connectivity index (χ4v) is 2.59. The smallest absolute Gasteiger partial charge is 0.245 e. The van der Waals surface area contributed by atoms with Crippen molar-refractivity contribution in [2.45, 2.75) is 33.4 Å². The summed E-state index contributed by atoms with van der Waals surface area (Å²) in [5.41, 5.74) is 2.69. The van der Waals surface area contributed by atoms with E-state index in [-0.39, 0.29) is 17.9 Å². The molecule has 0 radical (unpaired) electrons. The molecule has 0 aliphatic rings. The predicted molar refractivity (Wildman–Crippen MR) is 101 cm³/mol. The number of hydrogen-bond acceptors (Lipinski definition) is 3. The second kappa shape index (κ2) is 8.87. The van der Waals surface area contributed by atoms with E-state index in [0.29, 0.717) is 13.1 Å². The molecule has 0 aromatic heterocycles. The van der Waals surface area contributed by atoms with Crippen LogP contribution in [0.25, 0.3) is 0 Å². The minimum Gasteiger partial charge on any atom is -0.374 e. The van der Waals surface area contributed by atoms with Crippen molar-refractivity contribution in [3.8, 4) is 0 Å². The fourth-order valence-electron chi connectivity index (χ4n) is 2.59. The van der Waals surface area contributed by atoms with Gasteiger partial charge in [-0.2, -0.15) is 0 Å². The van der Waals surface area contributed by atoms with Gasteiger partial charge in [0.1, 0.15) is 6.04 Å². The molecule has 0 fully saturated rings. The molecule has 0 saturated heterocycles. The van der Waals surface area contributed by atoms with Gasteiger partial charge >= 0.3 is 0 Å². The van der Waals surface area contributed by atoms with Crippen LogP contribution in [0.5, 0.6) is 0 Å². The lowest BCUT2D eigenvalue weighted by molar-refractivity contribution is -0.132. The van der Waals surface area contributed by atoms with Crippen LogP contribution in [0, 0.1) is 0 Å². The molecule has 2 aromatic rings. The monoisotopic (exact) mass is 339 g/mol. The fraction of sp³-hybridized carbons (Fsp3) is 0.300. The molecule has 2 amide bonds. The van der Waals surface area contributed by atoms with Crippen LogP contribution in [-0.4, -0.2) is 29.3 Å². The lowest BCUT2D eigenvalue weighted by Gasteiger charge is -2.25. The molecule has 2 aromatic carbocycles.